The SMILES string of the molecule is CCCCNc1nc(N)nc(C)c1CCCN1CCOCC1. The second-order valence-electron chi connectivity index (χ2n) is 5.83. The van der Waals surface area contributed by atoms with Crippen LogP contribution in [0.15, 0.2) is 0 Å². The van der Waals surface area contributed by atoms with Crippen LogP contribution in [-0.4, -0.2) is 54.3 Å². The molecular formula is C16H29N5O. The number of hydrogen-bond donors (Lipinski definition) is 2. The summed E-state index contributed by atoms with van der Waals surface area (Å²) >= 11 is 0. The van der Waals surface area contributed by atoms with Crippen molar-refractivity contribution in [3.8, 4) is 0 Å². The van der Waals surface area contributed by atoms with Gasteiger partial charge < -0.3 is 15.8 Å². The zero-order valence-electron chi connectivity index (χ0n) is 13.9. The van der Waals surface area contributed by atoms with Crippen molar-refractivity contribution >= 4 is 11.8 Å². The first-order valence-corrected chi connectivity index (χ1v) is 8.37. The molecule has 3 N–H and O–H groups in total. The van der Waals surface area contributed by atoms with Gasteiger partial charge >= 0.3 is 0 Å². The Bertz CT molecular complexity index is 460. The van der Waals surface area contributed by atoms with Crippen molar-refractivity contribution in [3.63, 3.8) is 0 Å². The monoisotopic (exact) mass is 307 g/mol. The molecule has 0 atom stereocenters. The van der Waals surface area contributed by atoms with Crippen molar-refractivity contribution in [2.24, 2.45) is 0 Å². The smallest absolute Gasteiger partial charge is 0.222 e. The van der Waals surface area contributed by atoms with Gasteiger partial charge in [-0.05, 0) is 32.7 Å². The minimum Gasteiger partial charge on any atom is -0.379 e. The highest BCUT2D eigenvalue weighted by Crippen LogP contribution is 2.19. The van der Waals surface area contributed by atoms with Crippen molar-refractivity contribution in [1.82, 2.24) is 14.9 Å². The Balaban J connectivity index is 1.92. The van der Waals surface area contributed by atoms with Gasteiger partial charge in [-0.15, -0.1) is 0 Å². The predicted molar refractivity (Wildman–Crippen MR) is 90.2 cm³/mol. The van der Waals surface area contributed by atoms with Crippen LogP contribution in [0.2, 0.25) is 0 Å². The number of anilines is 2. The van der Waals surface area contributed by atoms with Gasteiger partial charge in [-0.25, -0.2) is 4.98 Å². The molecule has 1 aromatic heterocycles. The van der Waals surface area contributed by atoms with Gasteiger partial charge in [0.2, 0.25) is 5.95 Å². The van der Waals surface area contributed by atoms with Crippen molar-refractivity contribution in [2.45, 2.75) is 39.5 Å². The predicted octanol–water partition coefficient (Wildman–Crippen LogP) is 1.84. The van der Waals surface area contributed by atoms with Crippen LogP contribution in [0.5, 0.6) is 0 Å². The summed E-state index contributed by atoms with van der Waals surface area (Å²) < 4.78 is 5.39. The third-order valence-corrected chi connectivity index (χ3v) is 4.06. The van der Waals surface area contributed by atoms with Crippen LogP contribution >= 0.6 is 0 Å². The first-order valence-electron chi connectivity index (χ1n) is 8.37. The normalized spacial score (nSPS) is 15.9. The fourth-order valence-corrected chi connectivity index (χ4v) is 2.75. The third-order valence-electron chi connectivity index (χ3n) is 4.06. The summed E-state index contributed by atoms with van der Waals surface area (Å²) in [5, 5.41) is 3.42. The fourth-order valence-electron chi connectivity index (χ4n) is 2.75. The fraction of sp³-hybridized carbons (Fsp3) is 0.750. The van der Waals surface area contributed by atoms with Crippen LogP contribution in [0, 0.1) is 6.92 Å². The minimum atomic E-state index is 0.355. The van der Waals surface area contributed by atoms with Crippen molar-refractivity contribution in [1.29, 1.82) is 0 Å². The van der Waals surface area contributed by atoms with Gasteiger partial charge in [0.25, 0.3) is 0 Å². The molecule has 2 heterocycles. The number of nitrogens with two attached hydrogens (primary N) is 1. The van der Waals surface area contributed by atoms with Gasteiger partial charge in [0.1, 0.15) is 5.82 Å². The van der Waals surface area contributed by atoms with E-state index in [-0.39, 0.29) is 0 Å². The first-order chi connectivity index (χ1) is 10.7. The Morgan fingerprint density at radius 2 is 2.00 bits per heavy atom. The maximum absolute atomic E-state index is 5.79. The zero-order chi connectivity index (χ0) is 15.8. The summed E-state index contributed by atoms with van der Waals surface area (Å²) in [4.78, 5) is 11.2. The van der Waals surface area contributed by atoms with E-state index in [2.05, 4.69) is 27.1 Å². The molecule has 0 saturated carbocycles. The van der Waals surface area contributed by atoms with Gasteiger partial charge in [-0.2, -0.15) is 4.98 Å². The first kappa shape index (κ1) is 17.0. The summed E-state index contributed by atoms with van der Waals surface area (Å²) in [7, 11) is 0. The quantitative estimate of drug-likeness (QED) is 0.714. The summed E-state index contributed by atoms with van der Waals surface area (Å²) in [5.41, 5.74) is 7.99. The molecule has 1 fully saturated rings. The van der Waals surface area contributed by atoms with E-state index < -0.39 is 0 Å². The molecule has 0 aromatic carbocycles. The van der Waals surface area contributed by atoms with Crippen LogP contribution in [0.25, 0.3) is 0 Å². The topological polar surface area (TPSA) is 76.3 Å². The zero-order valence-corrected chi connectivity index (χ0v) is 13.9. The summed E-state index contributed by atoms with van der Waals surface area (Å²) in [6.07, 6.45) is 4.39. The second kappa shape index (κ2) is 8.90. The van der Waals surface area contributed by atoms with Gasteiger partial charge in [0, 0.05) is 30.9 Å². The molecule has 6 heteroatoms. The van der Waals surface area contributed by atoms with Crippen LogP contribution in [0.4, 0.5) is 11.8 Å². The molecule has 0 bridgehead atoms. The number of hydrogen-bond acceptors (Lipinski definition) is 6. The maximum Gasteiger partial charge on any atom is 0.222 e. The maximum atomic E-state index is 5.79. The average Bonchev–Trinajstić information content (AvgIpc) is 2.51. The number of nitrogens with one attached hydrogen (secondary N) is 1. The summed E-state index contributed by atoms with van der Waals surface area (Å²) in [6.45, 7) is 10.0. The lowest BCUT2D eigenvalue weighted by atomic mass is 10.1. The van der Waals surface area contributed by atoms with Crippen LogP contribution < -0.4 is 11.1 Å². The minimum absolute atomic E-state index is 0.355. The Labute approximate surface area is 133 Å². The number of nitrogen functional groups attached to an aromatic ring is 1. The molecule has 124 valence electrons. The van der Waals surface area contributed by atoms with E-state index in [0.717, 1.165) is 70.2 Å². The van der Waals surface area contributed by atoms with E-state index in [4.69, 9.17) is 10.5 Å². The van der Waals surface area contributed by atoms with Crippen molar-refractivity contribution < 1.29 is 4.74 Å². The third kappa shape index (κ3) is 5.10. The van der Waals surface area contributed by atoms with E-state index >= 15 is 0 Å². The second-order valence-corrected chi connectivity index (χ2v) is 5.83. The highest BCUT2D eigenvalue weighted by Gasteiger charge is 2.13. The number of aryl methyl sites for hydroxylation is 1. The lowest BCUT2D eigenvalue weighted by molar-refractivity contribution is 0.0374. The molecule has 0 unspecified atom stereocenters. The Kier molecular flexibility index (Phi) is 6.86. The lowest BCUT2D eigenvalue weighted by Gasteiger charge is -2.26. The van der Waals surface area contributed by atoms with E-state index in [1.165, 1.54) is 12.0 Å². The van der Waals surface area contributed by atoms with E-state index in [9.17, 15) is 0 Å². The molecule has 0 amide bonds. The molecule has 0 radical (unpaired) electrons. The highest BCUT2D eigenvalue weighted by atomic mass is 16.5. The summed E-state index contributed by atoms with van der Waals surface area (Å²) in [6, 6.07) is 0. The van der Waals surface area contributed by atoms with Gasteiger partial charge in [0.05, 0.1) is 13.2 Å². The van der Waals surface area contributed by atoms with Crippen molar-refractivity contribution in [3.05, 3.63) is 11.3 Å². The molecule has 6 nitrogen and oxygen atoms in total. The van der Waals surface area contributed by atoms with E-state index in [1.54, 1.807) is 0 Å². The molecule has 1 aliphatic heterocycles. The largest absolute Gasteiger partial charge is 0.379 e. The summed E-state index contributed by atoms with van der Waals surface area (Å²) in [5.74, 6) is 1.27. The Hall–Kier alpha value is -1.40. The Morgan fingerprint density at radius 1 is 1.23 bits per heavy atom. The van der Waals surface area contributed by atoms with E-state index in [0.29, 0.717) is 5.95 Å². The standard InChI is InChI=1S/C16H29N5O/c1-3-4-7-18-15-14(13(2)19-16(17)20-15)6-5-8-21-9-11-22-12-10-21/h3-12H2,1-2H3,(H3,17,18,19,20). The number of rotatable bonds is 8. The molecule has 1 aromatic rings. The molecule has 2 rings (SSSR count). The number of aromatic nitrogens is 2. The molecule has 1 aliphatic rings. The molecule has 0 aliphatic carbocycles. The van der Waals surface area contributed by atoms with Gasteiger partial charge in [-0.1, -0.05) is 13.3 Å². The number of nitrogens with zero attached hydrogens (tertiary/aromatic N) is 3. The van der Waals surface area contributed by atoms with E-state index in [1.807, 2.05) is 6.92 Å². The Morgan fingerprint density at radius 3 is 2.73 bits per heavy atom. The average molecular weight is 307 g/mol. The van der Waals surface area contributed by atoms with Gasteiger partial charge in [0.15, 0.2) is 0 Å². The number of morpholine rings is 1. The van der Waals surface area contributed by atoms with Crippen LogP contribution in [0.3, 0.4) is 0 Å². The van der Waals surface area contributed by atoms with Gasteiger partial charge in [-0.3, -0.25) is 4.90 Å². The van der Waals surface area contributed by atoms with Crippen LogP contribution in [-0.2, 0) is 11.2 Å². The lowest BCUT2D eigenvalue weighted by Crippen LogP contribution is -2.37. The molecular weight excluding hydrogens is 278 g/mol. The molecule has 1 saturated heterocycles. The highest BCUT2D eigenvalue weighted by molar-refractivity contribution is 5.49. The molecule has 0 spiro atoms. The van der Waals surface area contributed by atoms with Crippen LogP contribution in [0.1, 0.15) is 37.4 Å². The number of ether oxygens (including phenoxy) is 1. The number of unbranched alkanes of at least 4 members (excludes halogenated alkanes) is 1. The molecule has 22 heavy (non-hydrogen) atoms. The van der Waals surface area contributed by atoms with Crippen molar-refractivity contribution in [2.75, 3.05) is 50.4 Å².